The first-order chi connectivity index (χ1) is 7.56. The second-order valence-electron chi connectivity index (χ2n) is 5.10. The third-order valence-corrected chi connectivity index (χ3v) is 4.14. The minimum Gasteiger partial charge on any atom is -0.302 e. The Morgan fingerprint density at radius 1 is 1.50 bits per heavy atom. The second-order valence-corrected chi connectivity index (χ2v) is 5.10. The van der Waals surface area contributed by atoms with E-state index in [1.165, 1.54) is 19.3 Å². The van der Waals surface area contributed by atoms with Gasteiger partial charge in [0.15, 0.2) is 0 Å². The Morgan fingerprint density at radius 2 is 2.12 bits per heavy atom. The molecular formula is C12H25N3O. The van der Waals surface area contributed by atoms with Crippen LogP contribution in [-0.2, 0) is 4.79 Å². The zero-order valence-electron chi connectivity index (χ0n) is 10.8. The van der Waals surface area contributed by atoms with Gasteiger partial charge in [0.25, 0.3) is 0 Å². The Kier molecular flexibility index (Phi) is 4.74. The topological polar surface area (TPSA) is 58.4 Å². The summed E-state index contributed by atoms with van der Waals surface area (Å²) in [7, 11) is 0. The average Bonchev–Trinajstić information content (AvgIpc) is 2.72. The molecule has 1 amide bonds. The van der Waals surface area contributed by atoms with Crippen molar-refractivity contribution in [2.75, 3.05) is 19.6 Å². The number of hydrogen-bond donors (Lipinski definition) is 2. The molecule has 4 heteroatoms. The summed E-state index contributed by atoms with van der Waals surface area (Å²) in [6.07, 6.45) is 3.73. The Hall–Kier alpha value is -0.610. The van der Waals surface area contributed by atoms with E-state index in [1.807, 2.05) is 6.92 Å². The summed E-state index contributed by atoms with van der Waals surface area (Å²) in [6.45, 7) is 9.53. The largest absolute Gasteiger partial charge is 0.302 e. The monoisotopic (exact) mass is 227 g/mol. The number of hydrazine groups is 1. The number of nitrogens with two attached hydrogens (primary N) is 1. The minimum absolute atomic E-state index is 0.0190. The minimum atomic E-state index is -0.0644. The quantitative estimate of drug-likeness (QED) is 0.420. The molecule has 1 atom stereocenters. The summed E-state index contributed by atoms with van der Waals surface area (Å²) in [5, 5.41) is 0. The van der Waals surface area contributed by atoms with Crippen LogP contribution in [0.4, 0.5) is 0 Å². The van der Waals surface area contributed by atoms with E-state index in [1.54, 1.807) is 0 Å². The molecular weight excluding hydrogens is 202 g/mol. The van der Waals surface area contributed by atoms with Crippen LogP contribution in [0.5, 0.6) is 0 Å². The van der Waals surface area contributed by atoms with Crippen molar-refractivity contribution in [2.24, 2.45) is 17.2 Å². The smallest absolute Gasteiger partial charge is 0.237 e. The van der Waals surface area contributed by atoms with Gasteiger partial charge >= 0.3 is 0 Å². The number of amides is 1. The van der Waals surface area contributed by atoms with Gasteiger partial charge in [0.2, 0.25) is 5.91 Å². The van der Waals surface area contributed by atoms with Crippen molar-refractivity contribution >= 4 is 5.91 Å². The van der Waals surface area contributed by atoms with Crippen molar-refractivity contribution in [3.8, 4) is 0 Å². The van der Waals surface area contributed by atoms with Crippen molar-refractivity contribution in [2.45, 2.75) is 40.0 Å². The van der Waals surface area contributed by atoms with Gasteiger partial charge in [-0.1, -0.05) is 20.8 Å². The van der Waals surface area contributed by atoms with Crippen molar-refractivity contribution in [1.29, 1.82) is 0 Å². The number of likely N-dealkylation sites (tertiary alicyclic amines) is 1. The highest BCUT2D eigenvalue weighted by Gasteiger charge is 2.35. The van der Waals surface area contributed by atoms with Gasteiger partial charge in [0.1, 0.15) is 0 Å². The highest BCUT2D eigenvalue weighted by molar-refractivity contribution is 5.77. The zero-order valence-corrected chi connectivity index (χ0v) is 10.8. The standard InChI is InChI=1S/C12H25N3O/c1-4-12(5-2)6-7-15(9-12)8-10(3)11(16)14-13/h10H,4-9,13H2,1-3H3,(H,14,16). The third kappa shape index (κ3) is 2.95. The number of rotatable bonds is 5. The van der Waals surface area contributed by atoms with E-state index in [4.69, 9.17) is 5.84 Å². The molecule has 0 aromatic heterocycles. The summed E-state index contributed by atoms with van der Waals surface area (Å²) in [5.74, 6) is 5.05. The molecule has 94 valence electrons. The van der Waals surface area contributed by atoms with E-state index in [9.17, 15) is 4.79 Å². The third-order valence-electron chi connectivity index (χ3n) is 4.14. The molecule has 0 aromatic rings. The molecule has 16 heavy (non-hydrogen) atoms. The molecule has 0 aliphatic carbocycles. The van der Waals surface area contributed by atoms with Gasteiger partial charge in [-0.3, -0.25) is 10.2 Å². The number of carbonyl (C=O) groups excluding carboxylic acids is 1. The predicted molar refractivity (Wildman–Crippen MR) is 65.6 cm³/mol. The van der Waals surface area contributed by atoms with Crippen LogP contribution in [0.3, 0.4) is 0 Å². The summed E-state index contributed by atoms with van der Waals surface area (Å²) in [5.41, 5.74) is 2.71. The normalized spacial score (nSPS) is 22.0. The van der Waals surface area contributed by atoms with Crippen LogP contribution < -0.4 is 11.3 Å². The van der Waals surface area contributed by atoms with E-state index in [0.717, 1.165) is 19.6 Å². The first kappa shape index (κ1) is 13.5. The maximum absolute atomic E-state index is 11.3. The summed E-state index contributed by atoms with van der Waals surface area (Å²) >= 11 is 0. The molecule has 3 N–H and O–H groups in total. The zero-order chi connectivity index (χ0) is 12.2. The number of carbonyl (C=O) groups is 1. The van der Waals surface area contributed by atoms with Gasteiger partial charge in [0, 0.05) is 19.0 Å². The van der Waals surface area contributed by atoms with Crippen molar-refractivity contribution < 1.29 is 4.79 Å². The first-order valence-corrected chi connectivity index (χ1v) is 6.29. The van der Waals surface area contributed by atoms with E-state index in [2.05, 4.69) is 24.2 Å². The van der Waals surface area contributed by atoms with Gasteiger partial charge in [-0.15, -0.1) is 0 Å². The highest BCUT2D eigenvalue weighted by Crippen LogP contribution is 2.37. The molecule has 1 unspecified atom stereocenters. The summed E-state index contributed by atoms with van der Waals surface area (Å²) in [4.78, 5) is 13.7. The molecule has 1 heterocycles. The molecule has 1 fully saturated rings. The van der Waals surface area contributed by atoms with Crippen LogP contribution in [0.15, 0.2) is 0 Å². The van der Waals surface area contributed by atoms with Crippen LogP contribution in [0.1, 0.15) is 40.0 Å². The molecule has 1 rings (SSSR count). The molecule has 0 aromatic carbocycles. The van der Waals surface area contributed by atoms with Gasteiger partial charge in [-0.2, -0.15) is 0 Å². The van der Waals surface area contributed by atoms with Crippen LogP contribution in [0.25, 0.3) is 0 Å². The molecule has 4 nitrogen and oxygen atoms in total. The molecule has 0 spiro atoms. The number of hydrogen-bond acceptors (Lipinski definition) is 3. The van der Waals surface area contributed by atoms with Gasteiger partial charge < -0.3 is 4.90 Å². The van der Waals surface area contributed by atoms with Crippen LogP contribution in [0.2, 0.25) is 0 Å². The molecule has 0 radical (unpaired) electrons. The van der Waals surface area contributed by atoms with Crippen molar-refractivity contribution in [3.63, 3.8) is 0 Å². The number of nitrogens with zero attached hydrogens (tertiary/aromatic N) is 1. The van der Waals surface area contributed by atoms with Gasteiger partial charge in [-0.25, -0.2) is 5.84 Å². The average molecular weight is 227 g/mol. The van der Waals surface area contributed by atoms with Gasteiger partial charge in [0.05, 0.1) is 0 Å². The van der Waals surface area contributed by atoms with Crippen LogP contribution >= 0.6 is 0 Å². The van der Waals surface area contributed by atoms with E-state index in [0.29, 0.717) is 5.41 Å². The van der Waals surface area contributed by atoms with Crippen molar-refractivity contribution in [3.05, 3.63) is 0 Å². The molecule has 1 aliphatic rings. The molecule has 1 aliphatic heterocycles. The fourth-order valence-corrected chi connectivity index (χ4v) is 2.62. The maximum atomic E-state index is 11.3. The number of nitrogens with one attached hydrogen (secondary N) is 1. The SMILES string of the molecule is CCC1(CC)CCN(CC(C)C(=O)NN)C1. The summed E-state index contributed by atoms with van der Waals surface area (Å²) < 4.78 is 0. The van der Waals surface area contributed by atoms with Crippen LogP contribution in [0, 0.1) is 11.3 Å². The van der Waals surface area contributed by atoms with E-state index in [-0.39, 0.29) is 11.8 Å². The maximum Gasteiger partial charge on any atom is 0.237 e. The first-order valence-electron chi connectivity index (χ1n) is 6.29. The van der Waals surface area contributed by atoms with E-state index < -0.39 is 0 Å². The lowest BCUT2D eigenvalue weighted by Crippen LogP contribution is -2.40. The lowest BCUT2D eigenvalue weighted by molar-refractivity contribution is -0.125. The lowest BCUT2D eigenvalue weighted by Gasteiger charge is -2.27. The Bertz CT molecular complexity index is 238. The van der Waals surface area contributed by atoms with E-state index >= 15 is 0 Å². The van der Waals surface area contributed by atoms with Crippen LogP contribution in [-0.4, -0.2) is 30.4 Å². The van der Waals surface area contributed by atoms with Crippen molar-refractivity contribution in [1.82, 2.24) is 10.3 Å². The fraction of sp³-hybridized carbons (Fsp3) is 0.917. The molecule has 1 saturated heterocycles. The Labute approximate surface area is 98.5 Å². The Balaban J connectivity index is 2.45. The predicted octanol–water partition coefficient (Wildman–Crippen LogP) is 1.12. The lowest BCUT2D eigenvalue weighted by atomic mass is 9.82. The van der Waals surface area contributed by atoms with Gasteiger partial charge in [-0.05, 0) is 31.2 Å². The summed E-state index contributed by atoms with van der Waals surface area (Å²) in [6, 6.07) is 0. The highest BCUT2D eigenvalue weighted by atomic mass is 16.2. The fourth-order valence-electron chi connectivity index (χ4n) is 2.62. The second kappa shape index (κ2) is 5.64. The Morgan fingerprint density at radius 3 is 2.56 bits per heavy atom. The molecule has 0 bridgehead atoms. The molecule has 0 saturated carbocycles.